The van der Waals surface area contributed by atoms with Crippen LogP contribution in [0.3, 0.4) is 0 Å². The van der Waals surface area contributed by atoms with E-state index >= 15 is 0 Å². The van der Waals surface area contributed by atoms with Crippen molar-refractivity contribution in [1.82, 2.24) is 10.7 Å². The minimum absolute atomic E-state index is 0.392. The molecule has 0 aliphatic heterocycles. The molecule has 0 unspecified atom stereocenters. The number of hydrazine groups is 1. The van der Waals surface area contributed by atoms with Crippen LogP contribution in [0.4, 0.5) is 0 Å². The Hall–Kier alpha value is -2.30. The van der Waals surface area contributed by atoms with Gasteiger partial charge in [0.25, 0.3) is 5.96 Å². The first kappa shape index (κ1) is 10.7. The normalized spacial score (nSPS) is 11.3. The van der Waals surface area contributed by atoms with Gasteiger partial charge in [-0.1, -0.05) is 5.11 Å². The average Bonchev–Trinajstić information content (AvgIpc) is 2.10. The fourth-order valence-electron chi connectivity index (χ4n) is 0.236. The van der Waals surface area contributed by atoms with Crippen LogP contribution in [0.15, 0.2) is 20.7 Å². The minimum Gasteiger partial charge on any atom is -0.367 e. The van der Waals surface area contributed by atoms with E-state index in [-0.39, 0.29) is 0 Å². The summed E-state index contributed by atoms with van der Waals surface area (Å²) in [6.07, 6.45) is 0. The lowest BCUT2D eigenvalue weighted by molar-refractivity contribution is 0.433. The number of nitrogens with one attached hydrogen (secondary N) is 2. The largest absolute Gasteiger partial charge is 0.367 e. The van der Waals surface area contributed by atoms with Crippen LogP contribution in [-0.2, 0) is 0 Å². The number of guanidine groups is 2. The van der Waals surface area contributed by atoms with Gasteiger partial charge in [0.2, 0.25) is 5.96 Å². The molecule has 0 saturated heterocycles. The average molecular weight is 188 g/mol. The topological polar surface area (TPSA) is 184 Å². The van der Waals surface area contributed by atoms with E-state index in [0.29, 0.717) is 5.12 Å². The van der Waals surface area contributed by atoms with Gasteiger partial charge in [-0.2, -0.15) is 5.53 Å². The van der Waals surface area contributed by atoms with Crippen LogP contribution in [0.25, 0.3) is 0 Å². The molecule has 0 spiro atoms. The smallest absolute Gasteiger partial charge is 0.260 e. The van der Waals surface area contributed by atoms with E-state index in [4.69, 9.17) is 22.7 Å². The van der Waals surface area contributed by atoms with Crippen LogP contribution in [0.5, 0.6) is 0 Å². The molecular weight excluding hydrogens is 180 g/mol. The second-order valence-electron chi connectivity index (χ2n) is 1.58. The van der Waals surface area contributed by atoms with Crippen molar-refractivity contribution in [1.29, 1.82) is 5.41 Å². The molecule has 0 fully saturated rings. The third-order valence-electron chi connectivity index (χ3n) is 0.696. The fourth-order valence-corrected chi connectivity index (χ4v) is 0.236. The highest BCUT2D eigenvalue weighted by Crippen LogP contribution is 1.79. The molecule has 0 aliphatic rings. The predicted octanol–water partition coefficient (Wildman–Crippen LogP) is -2.08. The molecule has 0 aromatic heterocycles. The number of nitroso groups, excluding NO2 is 1. The van der Waals surface area contributed by atoms with Crippen LogP contribution in [0.2, 0.25) is 0 Å². The Balaban J connectivity index is 4.10. The molecule has 0 saturated carbocycles. The van der Waals surface area contributed by atoms with Gasteiger partial charge in [0, 0.05) is 0 Å². The van der Waals surface area contributed by atoms with Crippen molar-refractivity contribution in [2.24, 2.45) is 38.0 Å². The molecule has 0 aromatic rings. The molecule has 0 rings (SSSR count). The summed E-state index contributed by atoms with van der Waals surface area (Å²) >= 11 is 0. The first-order valence-corrected chi connectivity index (χ1v) is 2.79. The van der Waals surface area contributed by atoms with E-state index in [9.17, 15) is 4.91 Å². The number of hydrogen-bond acceptors (Lipinski definition) is 6. The van der Waals surface area contributed by atoms with Crippen LogP contribution in [0, 0.1) is 10.3 Å². The zero-order valence-corrected chi connectivity index (χ0v) is 6.38. The molecule has 0 aromatic carbocycles. The highest BCUT2D eigenvalue weighted by Gasteiger charge is 1.95. The van der Waals surface area contributed by atoms with Crippen LogP contribution in [0.1, 0.15) is 0 Å². The molecule has 0 atom stereocenters. The minimum atomic E-state index is -0.530. The Morgan fingerprint density at radius 3 is 2.54 bits per heavy atom. The third kappa shape index (κ3) is 5.02. The van der Waals surface area contributed by atoms with Gasteiger partial charge in [-0.25, -0.2) is 5.84 Å². The van der Waals surface area contributed by atoms with Gasteiger partial charge in [-0.05, 0) is 5.22 Å². The van der Waals surface area contributed by atoms with Gasteiger partial charge < -0.3 is 11.5 Å². The van der Waals surface area contributed by atoms with Crippen molar-refractivity contribution in [2.45, 2.75) is 0 Å². The summed E-state index contributed by atoms with van der Waals surface area (Å²) in [5, 5.41) is 18.7. The third-order valence-corrected chi connectivity index (χ3v) is 0.696. The highest BCUT2D eigenvalue weighted by atomic mass is 16.3. The van der Waals surface area contributed by atoms with Crippen molar-refractivity contribution in [3.05, 3.63) is 4.91 Å². The predicted molar refractivity (Wildman–Crippen MR) is 43.3 cm³/mol. The van der Waals surface area contributed by atoms with E-state index in [0.717, 1.165) is 0 Å². The molecule has 0 bridgehead atoms. The maximum Gasteiger partial charge on any atom is 0.260 e. The molecule has 72 valence electrons. The number of hydrogen-bond donors (Lipinski definition) is 5. The summed E-state index contributed by atoms with van der Waals surface area (Å²) in [5.74, 6) is 4.08. The number of hydrazone groups is 1. The summed E-state index contributed by atoms with van der Waals surface area (Å²) in [7, 11) is 0. The monoisotopic (exact) mass is 188 g/mol. The summed E-state index contributed by atoms with van der Waals surface area (Å²) < 4.78 is 0. The maximum atomic E-state index is 9.47. The van der Waals surface area contributed by atoms with E-state index in [1.165, 1.54) is 0 Å². The van der Waals surface area contributed by atoms with E-state index in [1.54, 1.807) is 5.53 Å². The summed E-state index contributed by atoms with van der Waals surface area (Å²) in [6.45, 7) is 0. The zero-order chi connectivity index (χ0) is 10.3. The van der Waals surface area contributed by atoms with Crippen molar-refractivity contribution >= 4 is 11.9 Å². The Kier molecular flexibility index (Phi) is 4.41. The van der Waals surface area contributed by atoms with Gasteiger partial charge in [-0.15, -0.1) is 15.1 Å². The number of rotatable bonds is 3. The number of nitrogens with zero attached hydrogens (tertiary/aromatic N) is 5. The van der Waals surface area contributed by atoms with E-state index in [1.807, 2.05) is 0 Å². The maximum absolute atomic E-state index is 9.47. The highest BCUT2D eigenvalue weighted by molar-refractivity contribution is 5.78. The molecule has 0 amide bonds. The van der Waals surface area contributed by atoms with Gasteiger partial charge in [0.15, 0.2) is 0 Å². The molecule has 0 heterocycles. The van der Waals surface area contributed by atoms with Crippen LogP contribution >= 0.6 is 0 Å². The second kappa shape index (κ2) is 5.36. The second-order valence-corrected chi connectivity index (χ2v) is 1.58. The fraction of sp³-hybridized carbons (Fsp3) is 0. The molecule has 11 heteroatoms. The Bertz CT molecular complexity index is 241. The molecule has 0 aliphatic carbocycles. The van der Waals surface area contributed by atoms with Crippen LogP contribution < -0.4 is 22.8 Å². The van der Waals surface area contributed by atoms with Gasteiger partial charge in [-0.3, -0.25) is 5.41 Å². The SMILES string of the molecule is N=C(N)N(N)N=NC(N)=NNN=O. The summed E-state index contributed by atoms with van der Waals surface area (Å²) in [6, 6.07) is 0. The van der Waals surface area contributed by atoms with E-state index in [2.05, 4.69) is 20.7 Å². The molecule has 8 N–H and O–H groups in total. The molecule has 0 radical (unpaired) electrons. The first-order valence-electron chi connectivity index (χ1n) is 2.79. The van der Waals surface area contributed by atoms with Crippen molar-refractivity contribution in [3.63, 3.8) is 0 Å². The van der Waals surface area contributed by atoms with Crippen molar-refractivity contribution in [3.8, 4) is 0 Å². The molecule has 13 heavy (non-hydrogen) atoms. The lowest BCUT2D eigenvalue weighted by atomic mass is 11.0. The van der Waals surface area contributed by atoms with Crippen LogP contribution in [-0.4, -0.2) is 17.0 Å². The van der Waals surface area contributed by atoms with E-state index < -0.39 is 11.9 Å². The Morgan fingerprint density at radius 2 is 2.08 bits per heavy atom. The number of nitrogens with two attached hydrogens (primary N) is 3. The van der Waals surface area contributed by atoms with Gasteiger partial charge >= 0.3 is 0 Å². The zero-order valence-electron chi connectivity index (χ0n) is 6.38. The summed E-state index contributed by atoms with van der Waals surface area (Å²) in [4.78, 5) is 9.47. The van der Waals surface area contributed by atoms with Crippen molar-refractivity contribution < 1.29 is 0 Å². The first-order chi connectivity index (χ1) is 6.07. The van der Waals surface area contributed by atoms with Crippen molar-refractivity contribution in [2.75, 3.05) is 0 Å². The lowest BCUT2D eigenvalue weighted by Gasteiger charge is -2.04. The molecular formula is C2H8N10O. The molecule has 11 nitrogen and oxygen atoms in total. The van der Waals surface area contributed by atoms with Gasteiger partial charge in [0.05, 0.1) is 5.29 Å². The Morgan fingerprint density at radius 1 is 1.46 bits per heavy atom. The quantitative estimate of drug-likeness (QED) is 0.0844. The Labute approximate surface area is 72.0 Å². The summed E-state index contributed by atoms with van der Waals surface area (Å²) in [5.41, 5.74) is 11.6. The lowest BCUT2D eigenvalue weighted by Crippen LogP contribution is -2.37. The van der Waals surface area contributed by atoms with Gasteiger partial charge in [0.1, 0.15) is 0 Å². The standard InChI is InChI=1S/C2H8N10O/c3-1(4)12(6)10-8-2(5)7-9-11-13/h6H2,(H3,3,4)(H,9,13)(H2,5,7,11).